The zero-order valence-electron chi connectivity index (χ0n) is 16.8. The topological polar surface area (TPSA) is 76.7 Å². The predicted molar refractivity (Wildman–Crippen MR) is 113 cm³/mol. The average molecular weight is 427 g/mol. The van der Waals surface area contributed by atoms with Crippen LogP contribution in [0.3, 0.4) is 0 Å². The fourth-order valence-electron chi connectivity index (χ4n) is 1.94. The van der Waals surface area contributed by atoms with Gasteiger partial charge in [-0.1, -0.05) is 37.4 Å². The Morgan fingerprint density at radius 3 is 2.55 bits per heavy atom. The summed E-state index contributed by atoms with van der Waals surface area (Å²) >= 11 is 5.51. The van der Waals surface area contributed by atoms with Crippen molar-refractivity contribution >= 4 is 23.4 Å². The molecule has 0 aromatic carbocycles. The molecule has 0 radical (unpaired) electrons. The minimum absolute atomic E-state index is 0.111. The van der Waals surface area contributed by atoms with E-state index in [1.165, 1.54) is 25.5 Å². The lowest BCUT2D eigenvalue weighted by molar-refractivity contribution is -0.123. The van der Waals surface area contributed by atoms with Crippen LogP contribution < -0.4 is 10.6 Å². The molecule has 0 aliphatic rings. The molecule has 2 amide bonds. The molecule has 1 unspecified atom stereocenters. The summed E-state index contributed by atoms with van der Waals surface area (Å²) in [7, 11) is 1.52. The molecule has 0 fully saturated rings. The Balaban J connectivity index is 4.09. The van der Waals surface area contributed by atoms with Crippen molar-refractivity contribution in [3.63, 3.8) is 0 Å². The van der Waals surface area contributed by atoms with Crippen LogP contribution in [-0.4, -0.2) is 31.6 Å². The summed E-state index contributed by atoms with van der Waals surface area (Å²) in [6.07, 6.45) is 8.55. The van der Waals surface area contributed by atoms with Gasteiger partial charge in [-0.25, -0.2) is 4.39 Å². The number of nitrogens with one attached hydrogen (secondary N) is 2. The molecule has 0 aromatic heterocycles. The highest BCUT2D eigenvalue weighted by molar-refractivity contribution is 6.31. The van der Waals surface area contributed by atoms with Crippen LogP contribution in [0.4, 0.5) is 4.39 Å². The van der Waals surface area contributed by atoms with Crippen LogP contribution in [0.2, 0.25) is 0 Å². The third-order valence-electron chi connectivity index (χ3n) is 3.27. The molecule has 160 valence electrons. The van der Waals surface area contributed by atoms with Gasteiger partial charge in [-0.15, -0.1) is 0 Å². The highest BCUT2D eigenvalue weighted by atomic mass is 35.5. The Kier molecular flexibility index (Phi) is 13.7. The molecule has 2 N–H and O–H groups in total. The number of methoxy groups -OCH3 is 1. The Morgan fingerprint density at radius 1 is 1.24 bits per heavy atom. The fourth-order valence-corrected chi connectivity index (χ4v) is 2.02. The highest BCUT2D eigenvalue weighted by Gasteiger charge is 2.10. The van der Waals surface area contributed by atoms with E-state index in [4.69, 9.17) is 21.1 Å². The number of amides is 2. The molecule has 0 aliphatic heterocycles. The Morgan fingerprint density at radius 2 is 1.93 bits per heavy atom. The van der Waals surface area contributed by atoms with E-state index in [0.29, 0.717) is 30.7 Å². The van der Waals surface area contributed by atoms with E-state index >= 15 is 0 Å². The van der Waals surface area contributed by atoms with Crippen LogP contribution in [-0.2, 0) is 19.1 Å². The van der Waals surface area contributed by atoms with Gasteiger partial charge in [0, 0.05) is 24.6 Å². The Bertz CT molecular complexity index is 699. The normalized spacial score (nSPS) is 12.5. The Labute approximate surface area is 176 Å². The van der Waals surface area contributed by atoms with Crippen molar-refractivity contribution < 1.29 is 23.5 Å². The predicted octanol–water partition coefficient (Wildman–Crippen LogP) is 4.14. The van der Waals surface area contributed by atoms with Crippen LogP contribution in [0.25, 0.3) is 0 Å². The number of allylic oxidation sites excluding steroid dienone is 6. The first-order chi connectivity index (χ1) is 13.6. The van der Waals surface area contributed by atoms with Gasteiger partial charge in [-0.3, -0.25) is 9.59 Å². The molecule has 0 bridgehead atoms. The van der Waals surface area contributed by atoms with E-state index in [1.54, 1.807) is 12.2 Å². The molecule has 8 heteroatoms. The highest BCUT2D eigenvalue weighted by Crippen LogP contribution is 2.13. The van der Waals surface area contributed by atoms with Crippen molar-refractivity contribution in [2.24, 2.45) is 0 Å². The SMILES string of the molecule is C=C(CC(C)NC(=O)CC/C=C/C(=C)OC)NC(=O)CO/C=C/C=C(/Cl)C(=C)F. The maximum absolute atomic E-state index is 12.6. The van der Waals surface area contributed by atoms with E-state index in [-0.39, 0.29) is 23.6 Å². The molecule has 0 saturated carbocycles. The first-order valence-corrected chi connectivity index (χ1v) is 9.18. The summed E-state index contributed by atoms with van der Waals surface area (Å²) in [5.74, 6) is -0.761. The monoisotopic (exact) mass is 426 g/mol. The van der Waals surface area contributed by atoms with E-state index in [1.807, 2.05) is 6.92 Å². The van der Waals surface area contributed by atoms with Crippen LogP contribution in [0.5, 0.6) is 0 Å². The van der Waals surface area contributed by atoms with Gasteiger partial charge in [-0.05, 0) is 31.6 Å². The lowest BCUT2D eigenvalue weighted by Crippen LogP contribution is -2.35. The van der Waals surface area contributed by atoms with Crippen molar-refractivity contribution in [2.75, 3.05) is 13.7 Å². The molecule has 0 aliphatic carbocycles. The number of hydrogen-bond donors (Lipinski definition) is 2. The number of ether oxygens (including phenoxy) is 2. The van der Waals surface area contributed by atoms with E-state index in [2.05, 4.69) is 30.4 Å². The molecule has 0 aromatic rings. The van der Waals surface area contributed by atoms with Gasteiger partial charge >= 0.3 is 0 Å². The summed E-state index contributed by atoms with van der Waals surface area (Å²) in [5.41, 5.74) is 0.448. The molecular formula is C21H28ClFN2O4. The summed E-state index contributed by atoms with van der Waals surface area (Å²) in [4.78, 5) is 23.6. The van der Waals surface area contributed by atoms with E-state index in [0.717, 1.165) is 0 Å². The zero-order valence-corrected chi connectivity index (χ0v) is 17.6. The second-order valence-electron chi connectivity index (χ2n) is 5.99. The van der Waals surface area contributed by atoms with Gasteiger partial charge in [0.2, 0.25) is 5.91 Å². The van der Waals surface area contributed by atoms with Gasteiger partial charge in [-0.2, -0.15) is 0 Å². The van der Waals surface area contributed by atoms with Crippen molar-refractivity contribution in [3.8, 4) is 0 Å². The number of carbonyl (C=O) groups is 2. The number of halogens is 2. The molecule has 0 spiro atoms. The molecule has 6 nitrogen and oxygen atoms in total. The fraction of sp³-hybridized carbons (Fsp3) is 0.333. The largest absolute Gasteiger partial charge is 0.497 e. The van der Waals surface area contributed by atoms with Gasteiger partial charge in [0.1, 0.15) is 11.6 Å². The average Bonchev–Trinajstić information content (AvgIpc) is 2.63. The summed E-state index contributed by atoms with van der Waals surface area (Å²) < 4.78 is 22.5. The van der Waals surface area contributed by atoms with Crippen molar-refractivity contribution in [1.82, 2.24) is 10.6 Å². The maximum atomic E-state index is 12.6. The third kappa shape index (κ3) is 14.9. The minimum Gasteiger partial charge on any atom is -0.497 e. The first kappa shape index (κ1) is 26.2. The maximum Gasteiger partial charge on any atom is 0.261 e. The third-order valence-corrected chi connectivity index (χ3v) is 3.60. The molecule has 0 saturated heterocycles. The summed E-state index contributed by atoms with van der Waals surface area (Å²) in [6.45, 7) is 12.0. The second kappa shape index (κ2) is 15.2. The van der Waals surface area contributed by atoms with Crippen LogP contribution >= 0.6 is 11.6 Å². The molecule has 0 rings (SSSR count). The van der Waals surface area contributed by atoms with Crippen molar-refractivity contribution in [3.05, 3.63) is 72.6 Å². The van der Waals surface area contributed by atoms with Crippen molar-refractivity contribution in [2.45, 2.75) is 32.2 Å². The van der Waals surface area contributed by atoms with Crippen LogP contribution in [0.1, 0.15) is 26.2 Å². The minimum atomic E-state index is -0.764. The van der Waals surface area contributed by atoms with Crippen molar-refractivity contribution in [1.29, 1.82) is 0 Å². The molecular weight excluding hydrogens is 399 g/mol. The Hall–Kier alpha value is -2.80. The van der Waals surface area contributed by atoms with Gasteiger partial charge < -0.3 is 20.1 Å². The van der Waals surface area contributed by atoms with Gasteiger partial charge in [0.05, 0.1) is 18.4 Å². The lowest BCUT2D eigenvalue weighted by atomic mass is 10.2. The van der Waals surface area contributed by atoms with E-state index in [9.17, 15) is 14.0 Å². The van der Waals surface area contributed by atoms with Crippen LogP contribution in [0.15, 0.2) is 72.6 Å². The number of carbonyl (C=O) groups excluding carboxylic acids is 2. The van der Waals surface area contributed by atoms with Gasteiger partial charge in [0.25, 0.3) is 5.91 Å². The zero-order chi connectivity index (χ0) is 22.2. The summed E-state index contributed by atoms with van der Waals surface area (Å²) in [6, 6.07) is -0.199. The second-order valence-corrected chi connectivity index (χ2v) is 6.40. The lowest BCUT2D eigenvalue weighted by Gasteiger charge is -2.16. The molecule has 0 heterocycles. The van der Waals surface area contributed by atoms with Gasteiger partial charge in [0.15, 0.2) is 6.61 Å². The smallest absolute Gasteiger partial charge is 0.261 e. The number of hydrogen-bond acceptors (Lipinski definition) is 4. The summed E-state index contributed by atoms with van der Waals surface area (Å²) in [5, 5.41) is 5.25. The van der Waals surface area contributed by atoms with Crippen LogP contribution in [0, 0.1) is 0 Å². The van der Waals surface area contributed by atoms with E-state index < -0.39 is 11.7 Å². The number of rotatable bonds is 14. The molecule has 1 atom stereocenters. The first-order valence-electron chi connectivity index (χ1n) is 8.80. The molecule has 29 heavy (non-hydrogen) atoms. The quantitative estimate of drug-likeness (QED) is 0.323. The standard InChI is InChI=1S/C21H28ClFN2O4/c1-15(24-20(26)11-7-6-9-17(3)28-5)13-16(2)25-21(27)14-29-12-8-10-19(22)18(4)23/h6,8-10,12,15H,2-4,7,11,13-14H2,1,5H3,(H,24,26)(H,25,27)/b9-6+,12-8+,19-10+.